The van der Waals surface area contributed by atoms with E-state index in [9.17, 15) is 5.11 Å². The van der Waals surface area contributed by atoms with Gasteiger partial charge in [0.1, 0.15) is 6.10 Å². The van der Waals surface area contributed by atoms with Crippen LogP contribution in [0.3, 0.4) is 0 Å². The third-order valence-electron chi connectivity index (χ3n) is 9.23. The molecule has 1 N–H and O–H groups in total. The van der Waals surface area contributed by atoms with Crippen molar-refractivity contribution < 1.29 is 18.7 Å². The lowest BCUT2D eigenvalue weighted by Crippen LogP contribution is -2.66. The van der Waals surface area contributed by atoms with Crippen LogP contribution >= 0.6 is 0 Å². The average Bonchev–Trinajstić information content (AvgIpc) is 2.92. The first-order valence-electron chi connectivity index (χ1n) is 16.2. The Balaban J connectivity index is 1.89. The van der Waals surface area contributed by atoms with Gasteiger partial charge in [-0.3, -0.25) is 0 Å². The van der Waals surface area contributed by atoms with Crippen LogP contribution in [0.2, 0.25) is 21.7 Å². The van der Waals surface area contributed by atoms with Gasteiger partial charge in [-0.05, 0) is 51.5 Å². The zero-order chi connectivity index (χ0) is 31.1. The molecule has 3 rings (SSSR count). The van der Waals surface area contributed by atoms with E-state index in [4.69, 9.17) is 13.6 Å². The van der Waals surface area contributed by atoms with Crippen LogP contribution in [-0.2, 0) is 13.6 Å². The summed E-state index contributed by atoms with van der Waals surface area (Å²) in [5, 5.41) is 12.6. The highest BCUT2D eigenvalue weighted by atomic mass is 28.4. The van der Waals surface area contributed by atoms with E-state index in [1.165, 1.54) is 10.4 Å². The molecule has 1 aliphatic heterocycles. The molecular formula is C36H58O4Si2. The molecule has 1 aliphatic rings. The van der Waals surface area contributed by atoms with Gasteiger partial charge in [-0.2, -0.15) is 0 Å². The molecule has 2 aromatic rings. The minimum atomic E-state index is -2.61. The highest BCUT2D eigenvalue weighted by Crippen LogP contribution is 2.44. The standard InChI is InChI=1S/C36H58O4Si2/c1-27(2)41(28(3)4,29(5)6)40-33-25-31(22-21-30(7)37)39-32(26-33)23-24-38-42(36(8,9)10,34-17-13-11-14-18-34)35-19-15-12-16-20-35/h11-20,25,27-30,32-33,37H,21-24,26H2,1-10H3/t30-,32-,33+/m0/s1. The second-order valence-corrected chi connectivity index (χ2v) is 24.0. The molecule has 0 aliphatic carbocycles. The van der Waals surface area contributed by atoms with Gasteiger partial charge in [-0.1, -0.05) is 123 Å². The van der Waals surface area contributed by atoms with E-state index in [2.05, 4.69) is 129 Å². The van der Waals surface area contributed by atoms with Crippen LogP contribution < -0.4 is 10.4 Å². The third-order valence-corrected chi connectivity index (χ3v) is 20.4. The fraction of sp³-hybridized carbons (Fsp3) is 0.611. The molecule has 0 saturated carbocycles. The summed E-state index contributed by atoms with van der Waals surface area (Å²) < 4.78 is 21.1. The largest absolute Gasteiger partial charge is 0.495 e. The van der Waals surface area contributed by atoms with Crippen LogP contribution in [0.25, 0.3) is 0 Å². The molecule has 0 fully saturated rings. The van der Waals surface area contributed by atoms with Crippen LogP contribution in [0, 0.1) is 0 Å². The monoisotopic (exact) mass is 610 g/mol. The number of aliphatic hydroxyl groups is 1. The normalized spacial score (nSPS) is 19.2. The fourth-order valence-electron chi connectivity index (χ4n) is 7.36. The van der Waals surface area contributed by atoms with E-state index < -0.39 is 16.6 Å². The van der Waals surface area contributed by atoms with Crippen molar-refractivity contribution in [2.75, 3.05) is 6.61 Å². The van der Waals surface area contributed by atoms with Crippen molar-refractivity contribution in [1.82, 2.24) is 0 Å². The Morgan fingerprint density at radius 2 is 1.33 bits per heavy atom. The molecule has 0 bridgehead atoms. The minimum Gasteiger partial charge on any atom is -0.495 e. The van der Waals surface area contributed by atoms with E-state index in [0.29, 0.717) is 29.7 Å². The van der Waals surface area contributed by atoms with Crippen molar-refractivity contribution in [3.63, 3.8) is 0 Å². The zero-order valence-corrected chi connectivity index (χ0v) is 30.0. The number of benzene rings is 2. The Kier molecular flexibility index (Phi) is 12.3. The fourth-order valence-corrected chi connectivity index (χ4v) is 17.4. The molecule has 1 heterocycles. The molecule has 0 saturated heterocycles. The lowest BCUT2D eigenvalue weighted by molar-refractivity contribution is 0.0258. The number of hydrogen-bond donors (Lipinski definition) is 1. The molecule has 3 atom stereocenters. The summed E-state index contributed by atoms with van der Waals surface area (Å²) in [5.41, 5.74) is 1.56. The van der Waals surface area contributed by atoms with Crippen LogP contribution in [0.1, 0.15) is 94.9 Å². The van der Waals surface area contributed by atoms with E-state index in [1.807, 2.05) is 6.92 Å². The van der Waals surface area contributed by atoms with Crippen LogP contribution in [0.15, 0.2) is 72.5 Å². The molecule has 2 aromatic carbocycles. The predicted molar refractivity (Wildman–Crippen MR) is 183 cm³/mol. The molecule has 234 valence electrons. The highest BCUT2D eigenvalue weighted by Gasteiger charge is 2.50. The first kappa shape index (κ1) is 34.8. The quantitative estimate of drug-likeness (QED) is 0.218. The summed E-state index contributed by atoms with van der Waals surface area (Å²) in [5.74, 6) is 0.960. The maximum absolute atomic E-state index is 10.0. The molecular weight excluding hydrogens is 553 g/mol. The lowest BCUT2D eigenvalue weighted by atomic mass is 10.0. The maximum atomic E-state index is 10.0. The summed E-state index contributed by atoms with van der Waals surface area (Å²) in [4.78, 5) is 0. The maximum Gasteiger partial charge on any atom is 0.261 e. The van der Waals surface area contributed by atoms with Crippen LogP contribution in [-0.4, -0.2) is 46.7 Å². The van der Waals surface area contributed by atoms with E-state index in [-0.39, 0.29) is 23.4 Å². The first-order valence-corrected chi connectivity index (χ1v) is 20.3. The van der Waals surface area contributed by atoms with Gasteiger partial charge in [0.15, 0.2) is 0 Å². The van der Waals surface area contributed by atoms with Crippen molar-refractivity contribution in [1.29, 1.82) is 0 Å². The van der Waals surface area contributed by atoms with Gasteiger partial charge in [0, 0.05) is 25.9 Å². The molecule has 0 amide bonds. The van der Waals surface area contributed by atoms with E-state index >= 15 is 0 Å². The average molecular weight is 611 g/mol. The summed E-state index contributed by atoms with van der Waals surface area (Å²) in [6, 6.07) is 21.7. The zero-order valence-electron chi connectivity index (χ0n) is 28.0. The van der Waals surface area contributed by atoms with Crippen molar-refractivity contribution in [2.45, 2.75) is 135 Å². The van der Waals surface area contributed by atoms with Crippen molar-refractivity contribution in [2.24, 2.45) is 0 Å². The number of allylic oxidation sites excluding steroid dienone is 1. The van der Waals surface area contributed by atoms with Gasteiger partial charge in [-0.25, -0.2) is 0 Å². The van der Waals surface area contributed by atoms with Crippen molar-refractivity contribution in [3.05, 3.63) is 72.5 Å². The van der Waals surface area contributed by atoms with Gasteiger partial charge < -0.3 is 18.7 Å². The van der Waals surface area contributed by atoms with E-state index in [1.54, 1.807) is 0 Å². The minimum absolute atomic E-state index is 0.0143. The third kappa shape index (κ3) is 7.86. The van der Waals surface area contributed by atoms with Crippen LogP contribution in [0.5, 0.6) is 0 Å². The smallest absolute Gasteiger partial charge is 0.261 e. The molecule has 0 unspecified atom stereocenters. The number of hydrogen-bond acceptors (Lipinski definition) is 4. The summed E-state index contributed by atoms with van der Waals surface area (Å²) in [6.07, 6.45) is 4.95. The van der Waals surface area contributed by atoms with Gasteiger partial charge >= 0.3 is 0 Å². The van der Waals surface area contributed by atoms with Crippen molar-refractivity contribution >= 4 is 27.0 Å². The summed E-state index contributed by atoms with van der Waals surface area (Å²) in [6.45, 7) is 23.5. The van der Waals surface area contributed by atoms with Gasteiger partial charge in [-0.15, -0.1) is 0 Å². The second-order valence-electron chi connectivity index (χ2n) is 14.3. The Bertz CT molecular complexity index is 1040. The first-order chi connectivity index (χ1) is 19.7. The Morgan fingerprint density at radius 1 is 0.833 bits per heavy atom. The number of aliphatic hydroxyl groups excluding tert-OH is 1. The molecule has 6 heteroatoms. The SMILES string of the molecule is CC(C)[Si](O[C@@H]1C=C(CC[C@H](C)O)O[C@@H](CCO[Si](c2ccccc2)(c2ccccc2)C(C)(C)C)C1)(C(C)C)C(C)C. The second kappa shape index (κ2) is 14.8. The van der Waals surface area contributed by atoms with Gasteiger partial charge in [0.25, 0.3) is 8.32 Å². The van der Waals surface area contributed by atoms with Gasteiger partial charge in [0.05, 0.1) is 18.0 Å². The molecule has 4 nitrogen and oxygen atoms in total. The topological polar surface area (TPSA) is 47.9 Å². The Labute approximate surface area is 259 Å². The number of ether oxygens (including phenoxy) is 1. The highest BCUT2D eigenvalue weighted by molar-refractivity contribution is 6.99. The molecule has 0 radical (unpaired) electrons. The predicted octanol–water partition coefficient (Wildman–Crippen LogP) is 8.35. The molecule has 42 heavy (non-hydrogen) atoms. The van der Waals surface area contributed by atoms with Crippen LogP contribution in [0.4, 0.5) is 0 Å². The van der Waals surface area contributed by atoms with Crippen molar-refractivity contribution in [3.8, 4) is 0 Å². The number of rotatable bonds is 14. The Morgan fingerprint density at radius 3 is 1.76 bits per heavy atom. The molecule has 0 spiro atoms. The summed E-state index contributed by atoms with van der Waals surface area (Å²) in [7, 11) is -4.68. The Hall–Kier alpha value is -1.71. The molecule has 0 aromatic heterocycles. The lowest BCUT2D eigenvalue weighted by Gasteiger charge is -2.46. The summed E-state index contributed by atoms with van der Waals surface area (Å²) >= 11 is 0. The van der Waals surface area contributed by atoms with E-state index in [0.717, 1.165) is 25.0 Å². The van der Waals surface area contributed by atoms with Gasteiger partial charge in [0.2, 0.25) is 8.32 Å².